The van der Waals surface area contributed by atoms with Gasteiger partial charge in [-0.2, -0.15) is 0 Å². The van der Waals surface area contributed by atoms with E-state index in [2.05, 4.69) is 10.6 Å². The molecule has 0 aromatic heterocycles. The van der Waals surface area contributed by atoms with Gasteiger partial charge in [0.15, 0.2) is 0 Å². The maximum Gasteiger partial charge on any atom is 0.257 e. The molecule has 0 unspecified atom stereocenters. The number of carbonyl (C=O) groups is 2. The zero-order valence-corrected chi connectivity index (χ0v) is 12.8. The van der Waals surface area contributed by atoms with E-state index in [4.69, 9.17) is 11.6 Å². The highest BCUT2D eigenvalue weighted by Crippen LogP contribution is 2.17. The number of nitrogens with one attached hydrogen (secondary N) is 2. The molecule has 2 amide bonds. The van der Waals surface area contributed by atoms with Gasteiger partial charge in [-0.1, -0.05) is 30.3 Å². The van der Waals surface area contributed by atoms with Crippen LogP contribution in [0.1, 0.15) is 23.2 Å². The maximum absolute atomic E-state index is 12.3. The minimum absolute atomic E-state index is 0.152. The summed E-state index contributed by atoms with van der Waals surface area (Å²) in [5.74, 6) is 0.0175. The van der Waals surface area contributed by atoms with E-state index in [0.29, 0.717) is 35.7 Å². The molecule has 0 heterocycles. The molecule has 0 radical (unpaired) electrons. The summed E-state index contributed by atoms with van der Waals surface area (Å²) >= 11 is 5.58. The van der Waals surface area contributed by atoms with Crippen LogP contribution in [0, 0.1) is 0 Å². The number of halogens is 1. The molecule has 0 spiro atoms. The number of para-hydroxylation sites is 2. The molecular formula is C17H17ClN2O2. The fourth-order valence-electron chi connectivity index (χ4n) is 1.95. The lowest BCUT2D eigenvalue weighted by Crippen LogP contribution is -2.18. The SMILES string of the molecule is O=C(CCCCl)Nc1ccccc1C(=O)Nc1ccccc1. The molecule has 0 aliphatic carbocycles. The predicted molar refractivity (Wildman–Crippen MR) is 89.4 cm³/mol. The molecular weight excluding hydrogens is 300 g/mol. The van der Waals surface area contributed by atoms with Gasteiger partial charge in [-0.25, -0.2) is 0 Å². The standard InChI is InChI=1S/C17H17ClN2O2/c18-12-6-11-16(21)20-15-10-5-4-9-14(15)17(22)19-13-7-2-1-3-8-13/h1-5,7-10H,6,11-12H2,(H,19,22)(H,20,21). The Morgan fingerprint density at radius 3 is 2.32 bits per heavy atom. The minimum atomic E-state index is -0.264. The number of hydrogen-bond acceptors (Lipinski definition) is 2. The zero-order chi connectivity index (χ0) is 15.8. The van der Waals surface area contributed by atoms with E-state index in [-0.39, 0.29) is 11.8 Å². The third-order valence-corrected chi connectivity index (χ3v) is 3.28. The topological polar surface area (TPSA) is 58.2 Å². The Balaban J connectivity index is 2.10. The Morgan fingerprint density at radius 1 is 0.909 bits per heavy atom. The van der Waals surface area contributed by atoms with Crippen molar-refractivity contribution in [3.8, 4) is 0 Å². The molecule has 0 aliphatic heterocycles. The average molecular weight is 317 g/mol. The van der Waals surface area contributed by atoms with E-state index in [0.717, 1.165) is 0 Å². The lowest BCUT2D eigenvalue weighted by molar-refractivity contribution is -0.116. The van der Waals surface area contributed by atoms with Crippen LogP contribution in [0.3, 0.4) is 0 Å². The summed E-state index contributed by atoms with van der Waals surface area (Å²) < 4.78 is 0. The molecule has 0 saturated carbocycles. The lowest BCUT2D eigenvalue weighted by Gasteiger charge is -2.11. The van der Waals surface area contributed by atoms with Gasteiger partial charge in [0, 0.05) is 18.0 Å². The second-order valence-electron chi connectivity index (χ2n) is 4.71. The van der Waals surface area contributed by atoms with Crippen molar-refractivity contribution in [3.63, 3.8) is 0 Å². The van der Waals surface area contributed by atoms with Gasteiger partial charge in [-0.3, -0.25) is 9.59 Å². The Hall–Kier alpha value is -2.33. The molecule has 22 heavy (non-hydrogen) atoms. The summed E-state index contributed by atoms with van der Waals surface area (Å²) in [6.07, 6.45) is 0.934. The van der Waals surface area contributed by atoms with Crippen molar-refractivity contribution in [3.05, 3.63) is 60.2 Å². The van der Waals surface area contributed by atoms with Gasteiger partial charge in [0.1, 0.15) is 0 Å². The van der Waals surface area contributed by atoms with Crippen molar-refractivity contribution >= 4 is 34.8 Å². The Bertz CT molecular complexity index is 644. The number of benzene rings is 2. The van der Waals surface area contributed by atoms with E-state index >= 15 is 0 Å². The van der Waals surface area contributed by atoms with Crippen LogP contribution in [0.15, 0.2) is 54.6 Å². The first kappa shape index (κ1) is 16.0. The van der Waals surface area contributed by atoms with Crippen molar-refractivity contribution in [2.75, 3.05) is 16.5 Å². The van der Waals surface area contributed by atoms with E-state index in [1.54, 1.807) is 36.4 Å². The second kappa shape index (κ2) is 8.20. The molecule has 0 fully saturated rings. The summed E-state index contributed by atoms with van der Waals surface area (Å²) in [5, 5.41) is 5.56. The first-order chi connectivity index (χ1) is 10.7. The van der Waals surface area contributed by atoms with Crippen LogP contribution >= 0.6 is 11.6 Å². The molecule has 0 saturated heterocycles. The normalized spacial score (nSPS) is 10.0. The summed E-state index contributed by atoms with van der Waals surface area (Å²) in [5.41, 5.74) is 1.62. The number of alkyl halides is 1. The van der Waals surface area contributed by atoms with Crippen LogP contribution < -0.4 is 10.6 Å². The fraction of sp³-hybridized carbons (Fsp3) is 0.176. The number of hydrogen-bond donors (Lipinski definition) is 2. The van der Waals surface area contributed by atoms with E-state index in [9.17, 15) is 9.59 Å². The molecule has 0 atom stereocenters. The molecule has 2 aromatic rings. The highest BCUT2D eigenvalue weighted by molar-refractivity contribution is 6.18. The third kappa shape index (κ3) is 4.60. The first-order valence-electron chi connectivity index (χ1n) is 7.02. The molecule has 4 nitrogen and oxygen atoms in total. The van der Waals surface area contributed by atoms with Crippen LogP contribution in [0.25, 0.3) is 0 Å². The predicted octanol–water partition coefficient (Wildman–Crippen LogP) is 3.90. The summed E-state index contributed by atoms with van der Waals surface area (Å²) in [4.78, 5) is 24.1. The summed E-state index contributed by atoms with van der Waals surface area (Å²) in [6, 6.07) is 16.1. The second-order valence-corrected chi connectivity index (χ2v) is 5.08. The molecule has 0 bridgehead atoms. The fourth-order valence-corrected chi connectivity index (χ4v) is 2.08. The summed E-state index contributed by atoms with van der Waals surface area (Å²) in [6.45, 7) is 0. The quantitative estimate of drug-likeness (QED) is 0.794. The summed E-state index contributed by atoms with van der Waals surface area (Å²) in [7, 11) is 0. The minimum Gasteiger partial charge on any atom is -0.325 e. The van der Waals surface area contributed by atoms with Gasteiger partial charge in [-0.15, -0.1) is 11.6 Å². The van der Waals surface area contributed by atoms with Crippen molar-refractivity contribution in [2.24, 2.45) is 0 Å². The van der Waals surface area contributed by atoms with E-state index in [1.165, 1.54) is 0 Å². The smallest absolute Gasteiger partial charge is 0.257 e. The van der Waals surface area contributed by atoms with Gasteiger partial charge in [-0.05, 0) is 30.7 Å². The third-order valence-electron chi connectivity index (χ3n) is 3.01. The van der Waals surface area contributed by atoms with Crippen molar-refractivity contribution in [2.45, 2.75) is 12.8 Å². The highest BCUT2D eigenvalue weighted by atomic mass is 35.5. The number of anilines is 2. The van der Waals surface area contributed by atoms with Gasteiger partial charge in [0.05, 0.1) is 11.3 Å². The molecule has 0 aliphatic rings. The Morgan fingerprint density at radius 2 is 1.59 bits per heavy atom. The van der Waals surface area contributed by atoms with Crippen LogP contribution in [0.4, 0.5) is 11.4 Å². The number of rotatable bonds is 6. The molecule has 5 heteroatoms. The highest BCUT2D eigenvalue weighted by Gasteiger charge is 2.13. The van der Waals surface area contributed by atoms with E-state index in [1.807, 2.05) is 18.2 Å². The van der Waals surface area contributed by atoms with E-state index < -0.39 is 0 Å². The van der Waals surface area contributed by atoms with Gasteiger partial charge in [0.25, 0.3) is 5.91 Å². The molecule has 2 rings (SSSR count). The zero-order valence-electron chi connectivity index (χ0n) is 12.0. The Kier molecular flexibility index (Phi) is 5.98. The Labute approximate surface area is 134 Å². The van der Waals surface area contributed by atoms with Gasteiger partial charge in [0.2, 0.25) is 5.91 Å². The van der Waals surface area contributed by atoms with Crippen LogP contribution in [0.5, 0.6) is 0 Å². The molecule has 114 valence electrons. The number of amides is 2. The monoisotopic (exact) mass is 316 g/mol. The van der Waals surface area contributed by atoms with Gasteiger partial charge < -0.3 is 10.6 Å². The number of carbonyl (C=O) groups excluding carboxylic acids is 2. The van der Waals surface area contributed by atoms with Crippen molar-refractivity contribution in [1.82, 2.24) is 0 Å². The maximum atomic E-state index is 12.3. The lowest BCUT2D eigenvalue weighted by atomic mass is 10.1. The first-order valence-corrected chi connectivity index (χ1v) is 7.55. The van der Waals surface area contributed by atoms with Crippen LogP contribution in [-0.2, 0) is 4.79 Å². The van der Waals surface area contributed by atoms with Crippen LogP contribution in [-0.4, -0.2) is 17.7 Å². The largest absolute Gasteiger partial charge is 0.325 e. The van der Waals surface area contributed by atoms with Crippen molar-refractivity contribution < 1.29 is 9.59 Å². The van der Waals surface area contributed by atoms with Gasteiger partial charge >= 0.3 is 0 Å². The average Bonchev–Trinajstić information content (AvgIpc) is 2.54. The van der Waals surface area contributed by atoms with Crippen LogP contribution in [0.2, 0.25) is 0 Å². The van der Waals surface area contributed by atoms with Crippen molar-refractivity contribution in [1.29, 1.82) is 0 Å². The molecule has 2 N–H and O–H groups in total. The molecule has 2 aromatic carbocycles.